The molecule has 2 nitrogen and oxygen atoms in total. The van der Waals surface area contributed by atoms with Crippen molar-refractivity contribution < 1.29 is 9.53 Å². The summed E-state index contributed by atoms with van der Waals surface area (Å²) < 4.78 is 5.27. The first kappa shape index (κ1) is 25.2. The molecule has 0 heterocycles. The van der Waals surface area contributed by atoms with Gasteiger partial charge in [-0.3, -0.25) is 0 Å². The van der Waals surface area contributed by atoms with Gasteiger partial charge in [0.2, 0.25) is 0 Å². The molecule has 1 aliphatic carbocycles. The second kappa shape index (κ2) is 11.5. The highest BCUT2D eigenvalue weighted by Gasteiger charge is 2.26. The molecule has 2 rings (SSSR count). The summed E-state index contributed by atoms with van der Waals surface area (Å²) in [6, 6.07) is 5.10. The summed E-state index contributed by atoms with van der Waals surface area (Å²) >= 11 is 12.0. The van der Waals surface area contributed by atoms with Gasteiger partial charge in [0.05, 0.1) is 0 Å². The molecule has 31 heavy (non-hydrogen) atoms. The van der Waals surface area contributed by atoms with E-state index >= 15 is 0 Å². The number of hydrogen-bond donors (Lipinski definition) is 0. The number of allylic oxidation sites excluding steroid dienone is 9. The van der Waals surface area contributed by atoms with Gasteiger partial charge < -0.3 is 4.74 Å². The molecule has 0 bridgehead atoms. The number of halogens is 2. The van der Waals surface area contributed by atoms with Crippen LogP contribution in [0.25, 0.3) is 0 Å². The quantitative estimate of drug-likeness (QED) is 0.232. The zero-order valence-electron chi connectivity index (χ0n) is 19.1. The van der Waals surface area contributed by atoms with E-state index in [-0.39, 0.29) is 12.0 Å². The van der Waals surface area contributed by atoms with Crippen LogP contribution in [0.2, 0.25) is 10.0 Å². The van der Waals surface area contributed by atoms with Crippen LogP contribution in [0.4, 0.5) is 0 Å². The average molecular weight is 459 g/mol. The van der Waals surface area contributed by atoms with E-state index in [4.69, 9.17) is 27.9 Å². The van der Waals surface area contributed by atoms with Crippen LogP contribution in [0.3, 0.4) is 0 Å². The molecule has 0 fully saturated rings. The maximum atomic E-state index is 12.0. The molecule has 0 spiro atoms. The van der Waals surface area contributed by atoms with E-state index in [0.29, 0.717) is 10.0 Å². The smallest absolute Gasteiger partial charge is 0.331 e. The van der Waals surface area contributed by atoms with Crippen LogP contribution in [-0.4, -0.2) is 5.97 Å². The Hall–Kier alpha value is -2.03. The molecule has 4 heteroatoms. The SMILES string of the molecule is CC1=C(/C=C/C(C)=C/C=C/C(C)=C/C(=O)OCc2ccc(Cl)cc2Cl)C(C)(C)CCC1. The standard InChI is InChI=1S/C27H32Cl2O2/c1-19(11-14-24-21(3)10-7-15-27(24,4)5)8-6-9-20(2)16-26(30)31-18-22-12-13-23(28)17-25(22)29/h6,8-9,11-14,16-17H,7,10,15,18H2,1-5H3/b9-6+,14-11+,19-8+,20-16+. The first-order chi connectivity index (χ1) is 14.6. The molecule has 166 valence electrons. The Labute approximate surface area is 197 Å². The van der Waals surface area contributed by atoms with Crippen molar-refractivity contribution >= 4 is 29.2 Å². The van der Waals surface area contributed by atoms with Crippen molar-refractivity contribution in [3.8, 4) is 0 Å². The lowest BCUT2D eigenvalue weighted by Crippen LogP contribution is -2.19. The average Bonchev–Trinajstić information content (AvgIpc) is 2.66. The van der Waals surface area contributed by atoms with E-state index < -0.39 is 5.97 Å². The van der Waals surface area contributed by atoms with Crippen LogP contribution >= 0.6 is 23.2 Å². The highest BCUT2D eigenvalue weighted by molar-refractivity contribution is 6.35. The lowest BCUT2D eigenvalue weighted by atomic mass is 9.72. The summed E-state index contributed by atoms with van der Waals surface area (Å²) in [5, 5.41) is 1.03. The molecule has 0 saturated heterocycles. The molecule has 0 N–H and O–H groups in total. The number of carbonyl (C=O) groups is 1. The molecule has 0 saturated carbocycles. The van der Waals surface area contributed by atoms with E-state index in [0.717, 1.165) is 16.7 Å². The Kier molecular flexibility index (Phi) is 9.40. The van der Waals surface area contributed by atoms with Gasteiger partial charge in [0.25, 0.3) is 0 Å². The molecule has 0 radical (unpaired) electrons. The molecule has 0 amide bonds. The summed E-state index contributed by atoms with van der Waals surface area (Å²) in [4.78, 5) is 12.0. The Morgan fingerprint density at radius 1 is 1.16 bits per heavy atom. The molecule has 0 atom stereocenters. The Morgan fingerprint density at radius 2 is 1.90 bits per heavy atom. The highest BCUT2D eigenvalue weighted by Crippen LogP contribution is 2.40. The first-order valence-corrected chi connectivity index (χ1v) is 11.4. The summed E-state index contributed by atoms with van der Waals surface area (Å²) in [7, 11) is 0. The van der Waals surface area contributed by atoms with Crippen molar-refractivity contribution in [2.75, 3.05) is 0 Å². The van der Waals surface area contributed by atoms with Gasteiger partial charge in [-0.1, -0.05) is 84.6 Å². The van der Waals surface area contributed by atoms with E-state index in [1.165, 1.54) is 36.5 Å². The fourth-order valence-electron chi connectivity index (χ4n) is 3.70. The molecule has 0 aliphatic heterocycles. The van der Waals surface area contributed by atoms with Gasteiger partial charge in [0, 0.05) is 21.7 Å². The molecule has 1 aromatic rings. The predicted octanol–water partition coefficient (Wildman–Crippen LogP) is 8.57. The third kappa shape index (κ3) is 8.20. The maximum absolute atomic E-state index is 12.0. The number of rotatable bonds is 7. The van der Waals surface area contributed by atoms with Crippen LogP contribution < -0.4 is 0 Å². The number of carbonyl (C=O) groups excluding carboxylic acids is 1. The minimum Gasteiger partial charge on any atom is -0.458 e. The van der Waals surface area contributed by atoms with Crippen molar-refractivity contribution in [2.24, 2.45) is 5.41 Å². The van der Waals surface area contributed by atoms with E-state index in [2.05, 4.69) is 39.8 Å². The summed E-state index contributed by atoms with van der Waals surface area (Å²) in [6.45, 7) is 10.9. The van der Waals surface area contributed by atoms with Gasteiger partial charge in [0.1, 0.15) is 6.61 Å². The summed E-state index contributed by atoms with van der Waals surface area (Å²) in [6.07, 6.45) is 15.5. The molecular formula is C27H32Cl2O2. The van der Waals surface area contributed by atoms with Gasteiger partial charge >= 0.3 is 5.97 Å². The van der Waals surface area contributed by atoms with Gasteiger partial charge in [0.15, 0.2) is 0 Å². The van der Waals surface area contributed by atoms with Gasteiger partial charge in [-0.05, 0) is 68.7 Å². The molecular weight excluding hydrogens is 427 g/mol. The number of esters is 1. The van der Waals surface area contributed by atoms with Crippen molar-refractivity contribution in [1.82, 2.24) is 0 Å². The highest BCUT2D eigenvalue weighted by atomic mass is 35.5. The Balaban J connectivity index is 1.92. The van der Waals surface area contributed by atoms with Crippen LogP contribution in [-0.2, 0) is 16.1 Å². The van der Waals surface area contributed by atoms with E-state index in [1.54, 1.807) is 18.2 Å². The second-order valence-electron chi connectivity index (χ2n) is 8.77. The Bertz CT molecular complexity index is 959. The van der Waals surface area contributed by atoms with Crippen LogP contribution in [0.1, 0.15) is 59.4 Å². The molecule has 1 aromatic carbocycles. The fraction of sp³-hybridized carbons (Fsp3) is 0.370. The number of hydrogen-bond acceptors (Lipinski definition) is 2. The van der Waals surface area contributed by atoms with Gasteiger partial charge in [-0.2, -0.15) is 0 Å². The minimum absolute atomic E-state index is 0.109. The molecule has 0 aromatic heterocycles. The minimum atomic E-state index is -0.407. The van der Waals surface area contributed by atoms with Gasteiger partial charge in [-0.15, -0.1) is 0 Å². The Morgan fingerprint density at radius 3 is 2.58 bits per heavy atom. The first-order valence-electron chi connectivity index (χ1n) is 10.6. The summed E-state index contributed by atoms with van der Waals surface area (Å²) in [5.74, 6) is -0.407. The monoisotopic (exact) mass is 458 g/mol. The van der Waals surface area contributed by atoms with Crippen LogP contribution in [0, 0.1) is 5.41 Å². The predicted molar refractivity (Wildman–Crippen MR) is 132 cm³/mol. The maximum Gasteiger partial charge on any atom is 0.331 e. The lowest BCUT2D eigenvalue weighted by molar-refractivity contribution is -0.139. The third-order valence-corrected chi connectivity index (χ3v) is 6.09. The topological polar surface area (TPSA) is 26.3 Å². The lowest BCUT2D eigenvalue weighted by Gasteiger charge is -2.32. The number of benzene rings is 1. The van der Waals surface area contributed by atoms with Crippen molar-refractivity contribution in [1.29, 1.82) is 0 Å². The van der Waals surface area contributed by atoms with Crippen molar-refractivity contribution in [3.63, 3.8) is 0 Å². The van der Waals surface area contributed by atoms with Crippen LogP contribution in [0.5, 0.6) is 0 Å². The number of ether oxygens (including phenoxy) is 1. The van der Waals surface area contributed by atoms with E-state index in [1.807, 2.05) is 25.2 Å². The molecule has 1 aliphatic rings. The fourth-order valence-corrected chi connectivity index (χ4v) is 4.16. The zero-order chi connectivity index (χ0) is 23.0. The molecule has 0 unspecified atom stereocenters. The van der Waals surface area contributed by atoms with Crippen LogP contribution in [0.15, 0.2) is 76.9 Å². The second-order valence-corrected chi connectivity index (χ2v) is 9.61. The normalized spacial score (nSPS) is 17.6. The van der Waals surface area contributed by atoms with Crippen molar-refractivity contribution in [2.45, 2.75) is 60.5 Å². The summed E-state index contributed by atoms with van der Waals surface area (Å²) in [5.41, 5.74) is 5.88. The van der Waals surface area contributed by atoms with E-state index in [9.17, 15) is 4.79 Å². The van der Waals surface area contributed by atoms with Crippen molar-refractivity contribution in [3.05, 3.63) is 92.6 Å². The zero-order valence-corrected chi connectivity index (χ0v) is 20.6. The largest absolute Gasteiger partial charge is 0.458 e. The third-order valence-electron chi connectivity index (χ3n) is 5.50. The van der Waals surface area contributed by atoms with Gasteiger partial charge in [-0.25, -0.2) is 4.79 Å².